The van der Waals surface area contributed by atoms with E-state index in [1.165, 1.54) is 0 Å². The summed E-state index contributed by atoms with van der Waals surface area (Å²) in [5.74, 6) is 1.33. The van der Waals surface area contributed by atoms with Crippen molar-refractivity contribution in [2.45, 2.75) is 19.3 Å². The molecule has 0 bridgehead atoms. The van der Waals surface area contributed by atoms with Gasteiger partial charge in [-0.3, -0.25) is 0 Å². The first-order chi connectivity index (χ1) is 5.29. The Morgan fingerprint density at radius 2 is 2.45 bits per heavy atom. The highest BCUT2D eigenvalue weighted by atomic mass is 15.2. The maximum Gasteiger partial charge on any atom is 0.136 e. The third kappa shape index (κ3) is 1.57. The van der Waals surface area contributed by atoms with E-state index in [0.717, 1.165) is 12.2 Å². The van der Waals surface area contributed by atoms with E-state index in [9.17, 15) is 0 Å². The third-order valence-electron chi connectivity index (χ3n) is 1.89. The predicted octanol–water partition coefficient (Wildman–Crippen LogP) is 0.267. The zero-order valence-corrected chi connectivity index (χ0v) is 6.99. The molecule has 0 aliphatic heterocycles. The minimum absolute atomic E-state index is 0.350. The molecule has 1 unspecified atom stereocenters. The molecule has 0 saturated carbocycles. The van der Waals surface area contributed by atoms with Crippen molar-refractivity contribution in [1.82, 2.24) is 14.8 Å². The van der Waals surface area contributed by atoms with E-state index < -0.39 is 0 Å². The number of rotatable bonds is 3. The van der Waals surface area contributed by atoms with Gasteiger partial charge in [-0.1, -0.05) is 6.92 Å². The Labute approximate surface area is 66.4 Å². The van der Waals surface area contributed by atoms with Gasteiger partial charge in [0.25, 0.3) is 0 Å². The SMILES string of the molecule is CCC(CN)c1nncn1C. The second-order valence-electron chi connectivity index (χ2n) is 2.64. The molecule has 0 aliphatic carbocycles. The monoisotopic (exact) mass is 154 g/mol. The minimum Gasteiger partial charge on any atom is -0.330 e. The molecule has 0 amide bonds. The Kier molecular flexibility index (Phi) is 2.59. The predicted molar refractivity (Wildman–Crippen MR) is 43.1 cm³/mol. The molecule has 62 valence electrons. The fourth-order valence-corrected chi connectivity index (χ4v) is 1.12. The molecule has 11 heavy (non-hydrogen) atoms. The Bertz CT molecular complexity index is 214. The maximum atomic E-state index is 5.56. The summed E-state index contributed by atoms with van der Waals surface area (Å²) in [6.45, 7) is 2.75. The van der Waals surface area contributed by atoms with Crippen molar-refractivity contribution in [1.29, 1.82) is 0 Å². The highest BCUT2D eigenvalue weighted by Gasteiger charge is 2.11. The average Bonchev–Trinajstić information content (AvgIpc) is 2.40. The van der Waals surface area contributed by atoms with Crippen molar-refractivity contribution in [3.8, 4) is 0 Å². The molecule has 0 aliphatic rings. The van der Waals surface area contributed by atoms with Crippen LogP contribution in [0.4, 0.5) is 0 Å². The van der Waals surface area contributed by atoms with Crippen molar-refractivity contribution >= 4 is 0 Å². The molecule has 1 rings (SSSR count). The number of nitrogens with zero attached hydrogens (tertiary/aromatic N) is 3. The van der Waals surface area contributed by atoms with Gasteiger partial charge in [-0.15, -0.1) is 10.2 Å². The van der Waals surface area contributed by atoms with E-state index in [1.807, 2.05) is 11.6 Å². The van der Waals surface area contributed by atoms with Crippen LogP contribution in [0, 0.1) is 0 Å². The zero-order valence-electron chi connectivity index (χ0n) is 6.99. The summed E-state index contributed by atoms with van der Waals surface area (Å²) in [6, 6.07) is 0. The van der Waals surface area contributed by atoms with E-state index >= 15 is 0 Å². The van der Waals surface area contributed by atoms with Crippen molar-refractivity contribution in [2.75, 3.05) is 6.54 Å². The quantitative estimate of drug-likeness (QED) is 0.679. The molecule has 0 radical (unpaired) electrons. The van der Waals surface area contributed by atoms with Gasteiger partial charge in [-0.2, -0.15) is 0 Å². The zero-order chi connectivity index (χ0) is 8.27. The largest absolute Gasteiger partial charge is 0.330 e. The molecule has 1 aromatic heterocycles. The van der Waals surface area contributed by atoms with E-state index in [4.69, 9.17) is 5.73 Å². The van der Waals surface area contributed by atoms with Crippen LogP contribution in [0.2, 0.25) is 0 Å². The van der Waals surface area contributed by atoms with Crippen LogP contribution in [0.5, 0.6) is 0 Å². The fourth-order valence-electron chi connectivity index (χ4n) is 1.12. The first-order valence-electron chi connectivity index (χ1n) is 3.83. The van der Waals surface area contributed by atoms with Gasteiger partial charge < -0.3 is 10.3 Å². The van der Waals surface area contributed by atoms with Crippen LogP contribution in [-0.2, 0) is 7.05 Å². The smallest absolute Gasteiger partial charge is 0.136 e. The molecular weight excluding hydrogens is 140 g/mol. The van der Waals surface area contributed by atoms with Crippen molar-refractivity contribution in [3.63, 3.8) is 0 Å². The maximum absolute atomic E-state index is 5.56. The first-order valence-corrected chi connectivity index (χ1v) is 3.83. The number of nitrogens with two attached hydrogens (primary N) is 1. The molecule has 2 N–H and O–H groups in total. The summed E-state index contributed by atoms with van der Waals surface area (Å²) in [5.41, 5.74) is 5.56. The lowest BCUT2D eigenvalue weighted by Crippen LogP contribution is -2.15. The van der Waals surface area contributed by atoms with Crippen LogP contribution in [0.3, 0.4) is 0 Å². The Balaban J connectivity index is 2.81. The molecule has 0 saturated heterocycles. The number of hydrogen-bond acceptors (Lipinski definition) is 3. The van der Waals surface area contributed by atoms with Gasteiger partial charge in [0.2, 0.25) is 0 Å². The summed E-state index contributed by atoms with van der Waals surface area (Å²) < 4.78 is 1.92. The van der Waals surface area contributed by atoms with Gasteiger partial charge in [0.15, 0.2) is 0 Å². The van der Waals surface area contributed by atoms with Crippen LogP contribution in [0.15, 0.2) is 6.33 Å². The molecule has 0 fully saturated rings. The molecule has 1 aromatic rings. The highest BCUT2D eigenvalue weighted by Crippen LogP contribution is 2.13. The summed E-state index contributed by atoms with van der Waals surface area (Å²) in [4.78, 5) is 0. The van der Waals surface area contributed by atoms with Crippen LogP contribution in [-0.4, -0.2) is 21.3 Å². The van der Waals surface area contributed by atoms with Crippen LogP contribution in [0.25, 0.3) is 0 Å². The van der Waals surface area contributed by atoms with Gasteiger partial charge in [0.05, 0.1) is 0 Å². The lowest BCUT2D eigenvalue weighted by atomic mass is 10.1. The van der Waals surface area contributed by atoms with E-state index in [-0.39, 0.29) is 0 Å². The van der Waals surface area contributed by atoms with Crippen LogP contribution < -0.4 is 5.73 Å². The Morgan fingerprint density at radius 3 is 2.82 bits per heavy atom. The first kappa shape index (κ1) is 8.20. The molecule has 4 nitrogen and oxygen atoms in total. The normalized spacial score (nSPS) is 13.4. The fraction of sp³-hybridized carbons (Fsp3) is 0.714. The second-order valence-corrected chi connectivity index (χ2v) is 2.64. The van der Waals surface area contributed by atoms with Gasteiger partial charge in [0, 0.05) is 19.5 Å². The average molecular weight is 154 g/mol. The third-order valence-corrected chi connectivity index (χ3v) is 1.89. The summed E-state index contributed by atoms with van der Waals surface area (Å²) in [6.07, 6.45) is 2.72. The lowest BCUT2D eigenvalue weighted by molar-refractivity contribution is 0.601. The topological polar surface area (TPSA) is 56.7 Å². The van der Waals surface area contributed by atoms with Gasteiger partial charge in [-0.05, 0) is 6.42 Å². The molecular formula is C7H14N4. The van der Waals surface area contributed by atoms with Crippen LogP contribution in [0.1, 0.15) is 25.1 Å². The molecule has 1 heterocycles. The van der Waals surface area contributed by atoms with Crippen LogP contribution >= 0.6 is 0 Å². The van der Waals surface area contributed by atoms with Crippen molar-refractivity contribution in [3.05, 3.63) is 12.2 Å². The Morgan fingerprint density at radius 1 is 1.73 bits per heavy atom. The van der Waals surface area contributed by atoms with E-state index in [2.05, 4.69) is 17.1 Å². The van der Waals surface area contributed by atoms with Gasteiger partial charge >= 0.3 is 0 Å². The van der Waals surface area contributed by atoms with Crippen molar-refractivity contribution < 1.29 is 0 Å². The molecule has 4 heteroatoms. The molecule has 0 spiro atoms. The van der Waals surface area contributed by atoms with E-state index in [0.29, 0.717) is 12.5 Å². The summed E-state index contributed by atoms with van der Waals surface area (Å²) >= 11 is 0. The number of aryl methyl sites for hydroxylation is 1. The Hall–Kier alpha value is -0.900. The van der Waals surface area contributed by atoms with Gasteiger partial charge in [-0.25, -0.2) is 0 Å². The highest BCUT2D eigenvalue weighted by molar-refractivity contribution is 4.95. The van der Waals surface area contributed by atoms with Gasteiger partial charge in [0.1, 0.15) is 12.2 Å². The second kappa shape index (κ2) is 3.48. The van der Waals surface area contributed by atoms with Crippen molar-refractivity contribution in [2.24, 2.45) is 12.8 Å². The number of aromatic nitrogens is 3. The number of hydrogen-bond donors (Lipinski definition) is 1. The molecule has 0 aromatic carbocycles. The standard InChI is InChI=1S/C7H14N4/c1-3-6(4-8)7-10-9-5-11(7)2/h5-6H,3-4,8H2,1-2H3. The van der Waals surface area contributed by atoms with E-state index in [1.54, 1.807) is 6.33 Å². The summed E-state index contributed by atoms with van der Waals surface area (Å²) in [5, 5.41) is 7.79. The molecule has 1 atom stereocenters. The summed E-state index contributed by atoms with van der Waals surface area (Å²) in [7, 11) is 1.94. The minimum atomic E-state index is 0.350. The lowest BCUT2D eigenvalue weighted by Gasteiger charge is -2.09.